The van der Waals surface area contributed by atoms with Crippen LogP contribution in [0.25, 0.3) is 0 Å². The first-order valence-corrected chi connectivity index (χ1v) is 5.31. The number of para-hydroxylation sites is 1. The molecule has 1 N–H and O–H groups in total. The molecule has 0 spiro atoms. The molecular weight excluding hydrogens is 198 g/mol. The number of hydrogen-bond donors (Lipinski definition) is 1. The lowest BCUT2D eigenvalue weighted by molar-refractivity contribution is 0.479. The highest BCUT2D eigenvalue weighted by Gasteiger charge is 2.00. The first-order valence-electron chi connectivity index (χ1n) is 5.31. The summed E-state index contributed by atoms with van der Waals surface area (Å²) in [5.41, 5.74) is 2.18. The third-order valence-electron chi connectivity index (χ3n) is 2.44. The molecule has 2 aromatic rings. The van der Waals surface area contributed by atoms with Crippen molar-refractivity contribution in [2.45, 2.75) is 6.92 Å². The van der Waals surface area contributed by atoms with E-state index >= 15 is 0 Å². The maximum absolute atomic E-state index is 5.81. The first-order chi connectivity index (χ1) is 7.79. The molecule has 0 aliphatic rings. The fourth-order valence-electron chi connectivity index (χ4n) is 1.51. The summed E-state index contributed by atoms with van der Waals surface area (Å²) in [5, 5.41) is 3.09. The Morgan fingerprint density at radius 2 is 1.81 bits per heavy atom. The second kappa shape index (κ2) is 4.71. The Hall–Kier alpha value is -1.96. The van der Waals surface area contributed by atoms with Crippen LogP contribution in [0.2, 0.25) is 0 Å². The van der Waals surface area contributed by atoms with E-state index in [2.05, 4.69) is 5.32 Å². The van der Waals surface area contributed by atoms with Crippen LogP contribution in [0.3, 0.4) is 0 Å². The number of hydrogen-bond acceptors (Lipinski definition) is 2. The maximum Gasteiger partial charge on any atom is 0.130 e. The molecule has 0 saturated carbocycles. The molecule has 16 heavy (non-hydrogen) atoms. The van der Waals surface area contributed by atoms with Crippen LogP contribution in [0.15, 0.2) is 48.5 Å². The van der Waals surface area contributed by atoms with Gasteiger partial charge >= 0.3 is 0 Å². The van der Waals surface area contributed by atoms with Crippen LogP contribution in [0.5, 0.6) is 11.5 Å². The van der Waals surface area contributed by atoms with Crippen LogP contribution in [-0.2, 0) is 0 Å². The summed E-state index contributed by atoms with van der Waals surface area (Å²) in [7, 11) is 1.90. The number of nitrogens with one attached hydrogen (secondary N) is 1. The van der Waals surface area contributed by atoms with Gasteiger partial charge in [-0.15, -0.1) is 0 Å². The SMILES string of the molecule is CNc1cccc(Oc2ccccc2C)c1. The average Bonchev–Trinajstić information content (AvgIpc) is 2.32. The van der Waals surface area contributed by atoms with Gasteiger partial charge in [0.25, 0.3) is 0 Å². The number of aryl methyl sites for hydroxylation is 1. The van der Waals surface area contributed by atoms with Crippen molar-refractivity contribution < 1.29 is 4.74 Å². The molecule has 2 aromatic carbocycles. The first kappa shape index (κ1) is 10.6. The number of benzene rings is 2. The Labute approximate surface area is 95.9 Å². The van der Waals surface area contributed by atoms with Crippen molar-refractivity contribution in [3.63, 3.8) is 0 Å². The molecule has 82 valence electrons. The maximum atomic E-state index is 5.81. The molecule has 0 saturated heterocycles. The Morgan fingerprint density at radius 3 is 2.56 bits per heavy atom. The largest absolute Gasteiger partial charge is 0.457 e. The molecule has 2 rings (SSSR count). The quantitative estimate of drug-likeness (QED) is 0.836. The van der Waals surface area contributed by atoms with Gasteiger partial charge in [0.15, 0.2) is 0 Å². The van der Waals surface area contributed by atoms with Gasteiger partial charge < -0.3 is 10.1 Å². The Bertz CT molecular complexity index is 480. The van der Waals surface area contributed by atoms with Gasteiger partial charge in [-0.3, -0.25) is 0 Å². The lowest BCUT2D eigenvalue weighted by atomic mass is 10.2. The number of ether oxygens (including phenoxy) is 1. The van der Waals surface area contributed by atoms with Crippen molar-refractivity contribution >= 4 is 5.69 Å². The fourth-order valence-corrected chi connectivity index (χ4v) is 1.51. The van der Waals surface area contributed by atoms with Gasteiger partial charge in [-0.1, -0.05) is 24.3 Å². The lowest BCUT2D eigenvalue weighted by Crippen LogP contribution is -1.90. The summed E-state index contributed by atoms with van der Waals surface area (Å²) in [5.74, 6) is 1.75. The van der Waals surface area contributed by atoms with E-state index in [-0.39, 0.29) is 0 Å². The zero-order valence-electron chi connectivity index (χ0n) is 9.53. The second-order valence-corrected chi connectivity index (χ2v) is 3.65. The standard InChI is InChI=1S/C14H15NO/c1-11-6-3-4-9-14(11)16-13-8-5-7-12(10-13)15-2/h3-10,15H,1-2H3. The van der Waals surface area contributed by atoms with Gasteiger partial charge in [-0.2, -0.15) is 0 Å². The minimum absolute atomic E-state index is 0.848. The monoisotopic (exact) mass is 213 g/mol. The highest BCUT2D eigenvalue weighted by Crippen LogP contribution is 2.26. The molecule has 0 aliphatic carbocycles. The van der Waals surface area contributed by atoms with Gasteiger partial charge in [0.1, 0.15) is 11.5 Å². The van der Waals surface area contributed by atoms with Gasteiger partial charge in [0, 0.05) is 18.8 Å². The Balaban J connectivity index is 2.24. The van der Waals surface area contributed by atoms with Gasteiger partial charge in [-0.05, 0) is 30.7 Å². The normalized spacial score (nSPS) is 9.88. The van der Waals surface area contributed by atoms with Crippen LogP contribution in [-0.4, -0.2) is 7.05 Å². The zero-order valence-corrected chi connectivity index (χ0v) is 9.53. The summed E-state index contributed by atoms with van der Waals surface area (Å²) >= 11 is 0. The van der Waals surface area contributed by atoms with Crippen molar-refractivity contribution in [2.24, 2.45) is 0 Å². The van der Waals surface area contributed by atoms with Crippen LogP contribution >= 0.6 is 0 Å². The minimum atomic E-state index is 0.848. The molecule has 0 bridgehead atoms. The van der Waals surface area contributed by atoms with E-state index in [0.29, 0.717) is 0 Å². The van der Waals surface area contributed by atoms with Crippen molar-refractivity contribution in [3.8, 4) is 11.5 Å². The Morgan fingerprint density at radius 1 is 1.00 bits per heavy atom. The van der Waals surface area contributed by atoms with Gasteiger partial charge in [0.2, 0.25) is 0 Å². The summed E-state index contributed by atoms with van der Waals surface area (Å²) in [6.45, 7) is 2.04. The summed E-state index contributed by atoms with van der Waals surface area (Å²) in [6, 6.07) is 15.9. The van der Waals surface area contributed by atoms with E-state index in [1.54, 1.807) is 0 Å². The van der Waals surface area contributed by atoms with E-state index in [1.165, 1.54) is 0 Å². The third kappa shape index (κ3) is 2.34. The molecule has 2 nitrogen and oxygen atoms in total. The molecular formula is C14H15NO. The fraction of sp³-hybridized carbons (Fsp3) is 0.143. The van der Waals surface area contributed by atoms with Crippen molar-refractivity contribution in [2.75, 3.05) is 12.4 Å². The predicted octanol–water partition coefficient (Wildman–Crippen LogP) is 3.83. The topological polar surface area (TPSA) is 21.3 Å². The lowest BCUT2D eigenvalue weighted by Gasteiger charge is -2.09. The van der Waals surface area contributed by atoms with Crippen LogP contribution in [0.1, 0.15) is 5.56 Å². The summed E-state index contributed by atoms with van der Waals surface area (Å²) < 4.78 is 5.81. The van der Waals surface area contributed by atoms with E-state index < -0.39 is 0 Å². The van der Waals surface area contributed by atoms with Gasteiger partial charge in [0.05, 0.1) is 0 Å². The molecule has 0 heterocycles. The van der Waals surface area contributed by atoms with Crippen LogP contribution in [0.4, 0.5) is 5.69 Å². The summed E-state index contributed by atoms with van der Waals surface area (Å²) in [4.78, 5) is 0. The minimum Gasteiger partial charge on any atom is -0.457 e. The van der Waals surface area contributed by atoms with Crippen molar-refractivity contribution in [1.82, 2.24) is 0 Å². The molecule has 0 radical (unpaired) electrons. The highest BCUT2D eigenvalue weighted by molar-refractivity contribution is 5.49. The van der Waals surface area contributed by atoms with Crippen molar-refractivity contribution in [1.29, 1.82) is 0 Å². The molecule has 0 atom stereocenters. The molecule has 0 amide bonds. The smallest absolute Gasteiger partial charge is 0.130 e. The van der Waals surface area contributed by atoms with Crippen LogP contribution < -0.4 is 10.1 Å². The average molecular weight is 213 g/mol. The van der Waals surface area contributed by atoms with Gasteiger partial charge in [-0.25, -0.2) is 0 Å². The molecule has 0 fully saturated rings. The summed E-state index contributed by atoms with van der Waals surface area (Å²) in [6.07, 6.45) is 0. The molecule has 2 heteroatoms. The predicted molar refractivity (Wildman–Crippen MR) is 67.2 cm³/mol. The van der Waals surface area contributed by atoms with Crippen LogP contribution in [0, 0.1) is 6.92 Å². The van der Waals surface area contributed by atoms with Crippen molar-refractivity contribution in [3.05, 3.63) is 54.1 Å². The number of rotatable bonds is 3. The third-order valence-corrected chi connectivity index (χ3v) is 2.44. The van der Waals surface area contributed by atoms with E-state index in [4.69, 9.17) is 4.74 Å². The molecule has 0 aliphatic heterocycles. The molecule has 0 aromatic heterocycles. The second-order valence-electron chi connectivity index (χ2n) is 3.65. The molecule has 0 unspecified atom stereocenters. The van der Waals surface area contributed by atoms with E-state index in [1.807, 2.05) is 62.5 Å². The number of anilines is 1. The highest BCUT2D eigenvalue weighted by atomic mass is 16.5. The zero-order chi connectivity index (χ0) is 11.4. The van der Waals surface area contributed by atoms with E-state index in [0.717, 1.165) is 22.7 Å². The van der Waals surface area contributed by atoms with E-state index in [9.17, 15) is 0 Å². The Kier molecular flexibility index (Phi) is 3.10.